The molecule has 41 heavy (non-hydrogen) atoms. The largest absolute Gasteiger partial charge is 0.308 e. The number of hydrogen-bond acceptors (Lipinski definition) is 1. The molecule has 1 nitrogen and oxygen atoms in total. The van der Waals surface area contributed by atoms with Crippen molar-refractivity contribution in [3.05, 3.63) is 139 Å². The molecule has 0 saturated carbocycles. The number of benzene rings is 6. The summed E-state index contributed by atoms with van der Waals surface area (Å²) in [7, 11) is 0. The summed E-state index contributed by atoms with van der Waals surface area (Å²) in [6, 6.07) is 47.0. The molecule has 0 unspecified atom stereocenters. The predicted octanol–water partition coefficient (Wildman–Crippen LogP) is 11.1. The van der Waals surface area contributed by atoms with Crippen LogP contribution in [0, 0.1) is 0 Å². The third-order valence-corrected chi connectivity index (χ3v) is 10.4. The molecule has 0 spiro atoms. The van der Waals surface area contributed by atoms with E-state index in [0.717, 1.165) is 0 Å². The third-order valence-electron chi connectivity index (χ3n) is 9.21. The van der Waals surface area contributed by atoms with Gasteiger partial charge in [0.25, 0.3) is 0 Å². The van der Waals surface area contributed by atoms with Gasteiger partial charge in [-0.3, -0.25) is 0 Å². The molecule has 8 aromatic rings. The monoisotopic (exact) mass is 541 g/mol. The van der Waals surface area contributed by atoms with Gasteiger partial charge in [-0.05, 0) is 57.6 Å². The first kappa shape index (κ1) is 23.1. The van der Waals surface area contributed by atoms with Crippen molar-refractivity contribution in [3.8, 4) is 27.9 Å². The van der Waals surface area contributed by atoms with E-state index >= 15 is 0 Å². The number of fused-ring (bicyclic) bond motifs is 11. The smallest absolute Gasteiger partial charge is 0.0719 e. The fourth-order valence-corrected chi connectivity index (χ4v) is 8.52. The quantitative estimate of drug-likeness (QED) is 0.205. The van der Waals surface area contributed by atoms with E-state index in [9.17, 15) is 0 Å². The average molecular weight is 542 g/mol. The molecule has 6 aromatic carbocycles. The first-order valence-electron chi connectivity index (χ1n) is 14.3. The van der Waals surface area contributed by atoms with E-state index in [0.29, 0.717) is 0 Å². The Morgan fingerprint density at radius 2 is 1.27 bits per heavy atom. The predicted molar refractivity (Wildman–Crippen MR) is 177 cm³/mol. The van der Waals surface area contributed by atoms with Crippen molar-refractivity contribution in [3.63, 3.8) is 0 Å². The van der Waals surface area contributed by atoms with Crippen molar-refractivity contribution in [1.82, 2.24) is 4.57 Å². The van der Waals surface area contributed by atoms with Crippen LogP contribution in [-0.2, 0) is 5.41 Å². The Labute approximate surface area is 242 Å². The van der Waals surface area contributed by atoms with E-state index in [-0.39, 0.29) is 5.41 Å². The lowest BCUT2D eigenvalue weighted by Crippen LogP contribution is -2.14. The van der Waals surface area contributed by atoms with Crippen molar-refractivity contribution >= 4 is 53.3 Å². The summed E-state index contributed by atoms with van der Waals surface area (Å²) in [6.45, 7) is 4.74. The van der Waals surface area contributed by atoms with Crippen LogP contribution in [-0.4, -0.2) is 4.57 Å². The lowest BCUT2D eigenvalue weighted by molar-refractivity contribution is 0.661. The summed E-state index contributed by atoms with van der Waals surface area (Å²) in [5.74, 6) is 0. The van der Waals surface area contributed by atoms with Gasteiger partial charge in [0.1, 0.15) is 0 Å². The minimum atomic E-state index is -0.00608. The van der Waals surface area contributed by atoms with Crippen LogP contribution < -0.4 is 0 Å². The lowest BCUT2D eigenvalue weighted by atomic mass is 9.82. The highest BCUT2D eigenvalue weighted by atomic mass is 32.1. The zero-order chi connectivity index (χ0) is 27.3. The van der Waals surface area contributed by atoms with Crippen molar-refractivity contribution < 1.29 is 0 Å². The SMILES string of the molecule is CC1(C)c2ccccc2-c2c1ccc1sc3c(ccc4c5ccccc5n(-c5ccc(-c6ccccc6)cc5)c43)c21. The highest BCUT2D eigenvalue weighted by Gasteiger charge is 2.37. The van der Waals surface area contributed by atoms with Gasteiger partial charge in [0, 0.05) is 37.3 Å². The summed E-state index contributed by atoms with van der Waals surface area (Å²) in [5, 5.41) is 5.36. The summed E-state index contributed by atoms with van der Waals surface area (Å²) in [5.41, 5.74) is 11.9. The molecule has 0 aliphatic heterocycles. The van der Waals surface area contributed by atoms with Crippen LogP contribution in [0.5, 0.6) is 0 Å². The number of rotatable bonds is 2. The minimum absolute atomic E-state index is 0.00608. The fourth-order valence-electron chi connectivity index (χ4n) is 7.27. The van der Waals surface area contributed by atoms with Gasteiger partial charge in [-0.25, -0.2) is 0 Å². The van der Waals surface area contributed by atoms with Crippen LogP contribution in [0.1, 0.15) is 25.0 Å². The normalized spacial score (nSPS) is 13.8. The molecule has 0 radical (unpaired) electrons. The molecule has 0 N–H and O–H groups in total. The molecular weight excluding hydrogens is 515 g/mol. The summed E-state index contributed by atoms with van der Waals surface area (Å²) in [6.07, 6.45) is 0. The first-order valence-corrected chi connectivity index (χ1v) is 15.1. The molecule has 0 amide bonds. The summed E-state index contributed by atoms with van der Waals surface area (Å²) in [4.78, 5) is 0. The van der Waals surface area contributed by atoms with Gasteiger partial charge >= 0.3 is 0 Å². The highest BCUT2D eigenvalue weighted by molar-refractivity contribution is 7.26. The van der Waals surface area contributed by atoms with Crippen LogP contribution in [0.25, 0.3) is 69.9 Å². The minimum Gasteiger partial charge on any atom is -0.308 e. The van der Waals surface area contributed by atoms with Crippen LogP contribution in [0.2, 0.25) is 0 Å². The molecule has 1 aliphatic carbocycles. The zero-order valence-corrected chi connectivity index (χ0v) is 23.8. The topological polar surface area (TPSA) is 4.93 Å². The molecular formula is C39H27NS. The van der Waals surface area contributed by atoms with Crippen molar-refractivity contribution in [2.24, 2.45) is 0 Å². The van der Waals surface area contributed by atoms with E-state index in [4.69, 9.17) is 0 Å². The molecule has 194 valence electrons. The molecule has 1 aliphatic rings. The molecule has 0 saturated heterocycles. The number of hydrogen-bond donors (Lipinski definition) is 0. The number of aromatic nitrogens is 1. The first-order chi connectivity index (χ1) is 20.1. The van der Waals surface area contributed by atoms with Crippen LogP contribution in [0.3, 0.4) is 0 Å². The Bertz CT molecular complexity index is 2310. The molecule has 0 atom stereocenters. The summed E-state index contributed by atoms with van der Waals surface area (Å²) < 4.78 is 5.20. The van der Waals surface area contributed by atoms with Gasteiger partial charge in [-0.1, -0.05) is 117 Å². The second-order valence-corrected chi connectivity index (χ2v) is 12.8. The molecule has 9 rings (SSSR count). The van der Waals surface area contributed by atoms with Gasteiger partial charge in [-0.2, -0.15) is 0 Å². The Morgan fingerprint density at radius 1 is 0.561 bits per heavy atom. The van der Waals surface area contributed by atoms with E-state index in [2.05, 4.69) is 146 Å². The number of para-hydroxylation sites is 1. The number of thiophene rings is 1. The second-order valence-electron chi connectivity index (χ2n) is 11.7. The highest BCUT2D eigenvalue weighted by Crippen LogP contribution is 2.54. The Balaban J connectivity index is 1.38. The van der Waals surface area contributed by atoms with E-state index in [1.165, 1.54) is 81.0 Å². The van der Waals surface area contributed by atoms with E-state index < -0.39 is 0 Å². The Kier molecular flexibility index (Phi) is 4.61. The van der Waals surface area contributed by atoms with Gasteiger partial charge in [-0.15, -0.1) is 11.3 Å². The lowest BCUT2D eigenvalue weighted by Gasteiger charge is -2.21. The van der Waals surface area contributed by atoms with Crippen LogP contribution in [0.4, 0.5) is 0 Å². The van der Waals surface area contributed by atoms with Crippen molar-refractivity contribution in [2.45, 2.75) is 19.3 Å². The number of nitrogens with zero attached hydrogens (tertiary/aromatic N) is 1. The third kappa shape index (κ3) is 3.06. The maximum atomic E-state index is 2.48. The fraction of sp³-hybridized carbons (Fsp3) is 0.0769. The molecule has 2 aromatic heterocycles. The Hall–Kier alpha value is -4.66. The van der Waals surface area contributed by atoms with Gasteiger partial charge in [0.2, 0.25) is 0 Å². The van der Waals surface area contributed by atoms with Crippen molar-refractivity contribution in [1.29, 1.82) is 0 Å². The second kappa shape index (κ2) is 8.19. The maximum absolute atomic E-state index is 2.48. The van der Waals surface area contributed by atoms with E-state index in [1.54, 1.807) is 0 Å². The molecule has 2 heteroatoms. The van der Waals surface area contributed by atoms with E-state index in [1.807, 2.05) is 11.3 Å². The van der Waals surface area contributed by atoms with Crippen LogP contribution in [0.15, 0.2) is 127 Å². The van der Waals surface area contributed by atoms with Gasteiger partial charge in [0.05, 0.1) is 15.7 Å². The molecule has 0 fully saturated rings. The molecule has 2 heterocycles. The summed E-state index contributed by atoms with van der Waals surface area (Å²) >= 11 is 1.94. The van der Waals surface area contributed by atoms with Gasteiger partial charge < -0.3 is 4.57 Å². The van der Waals surface area contributed by atoms with Crippen molar-refractivity contribution in [2.75, 3.05) is 0 Å². The average Bonchev–Trinajstić information content (AvgIpc) is 3.64. The standard InChI is InChI=1S/C39H27NS/c1-39(2)31-14-8-6-13-29(31)35-32(39)22-23-34-36(35)30-21-20-28-27-12-7-9-15-33(27)40(37(28)38(30)41-34)26-18-16-25(17-19-26)24-10-4-3-5-11-24/h3-23H,1-2H3. The zero-order valence-electron chi connectivity index (χ0n) is 23.0. The maximum Gasteiger partial charge on any atom is 0.0719 e. The van der Waals surface area contributed by atoms with Gasteiger partial charge in [0.15, 0.2) is 0 Å². The van der Waals surface area contributed by atoms with Crippen LogP contribution >= 0.6 is 11.3 Å². The molecule has 0 bridgehead atoms. The Morgan fingerprint density at radius 3 is 2.12 bits per heavy atom.